The van der Waals surface area contributed by atoms with Crippen molar-refractivity contribution >= 4 is 17.4 Å². The highest BCUT2D eigenvalue weighted by Crippen LogP contribution is 2.26. The molecule has 3 aromatic heterocycles. The van der Waals surface area contributed by atoms with E-state index in [0.29, 0.717) is 28.2 Å². The molecular formula is C19H16N4O2S. The third-order valence-corrected chi connectivity index (χ3v) is 4.84. The fourth-order valence-electron chi connectivity index (χ4n) is 2.66. The average Bonchev–Trinajstić information content (AvgIpc) is 3.10. The van der Waals surface area contributed by atoms with Gasteiger partial charge < -0.3 is 4.42 Å². The number of thioether (sulfide) groups is 1. The van der Waals surface area contributed by atoms with Crippen LogP contribution in [0.2, 0.25) is 0 Å². The number of hydrogen-bond acceptors (Lipinski definition) is 6. The van der Waals surface area contributed by atoms with Crippen LogP contribution in [0.1, 0.15) is 16.8 Å². The van der Waals surface area contributed by atoms with Crippen molar-refractivity contribution in [2.75, 3.05) is 0 Å². The largest absolute Gasteiger partial charge is 0.411 e. The Morgan fingerprint density at radius 1 is 1.12 bits per heavy atom. The second kappa shape index (κ2) is 6.76. The third-order valence-electron chi connectivity index (χ3n) is 3.99. The predicted octanol–water partition coefficient (Wildman–Crippen LogP) is 3.65. The smallest absolute Gasteiger partial charge is 0.277 e. The molecule has 0 saturated carbocycles. The maximum Gasteiger partial charge on any atom is 0.277 e. The SMILES string of the molecule is Cc1ccc2nc(CSc3nnc(-c4ccccc4C)o3)cc(=O)n2c1. The van der Waals surface area contributed by atoms with Crippen LogP contribution in [-0.2, 0) is 5.75 Å². The third kappa shape index (κ3) is 3.25. The van der Waals surface area contributed by atoms with Crippen LogP contribution < -0.4 is 5.56 Å². The average molecular weight is 364 g/mol. The number of aromatic nitrogens is 4. The molecule has 0 aliphatic carbocycles. The monoisotopic (exact) mass is 364 g/mol. The number of hydrogen-bond donors (Lipinski definition) is 0. The van der Waals surface area contributed by atoms with Gasteiger partial charge in [0.25, 0.3) is 10.8 Å². The Kier molecular flexibility index (Phi) is 4.30. The highest BCUT2D eigenvalue weighted by molar-refractivity contribution is 7.98. The Morgan fingerprint density at radius 3 is 2.81 bits per heavy atom. The minimum absolute atomic E-state index is 0.0968. The fourth-order valence-corrected chi connectivity index (χ4v) is 3.31. The normalized spacial score (nSPS) is 11.2. The summed E-state index contributed by atoms with van der Waals surface area (Å²) >= 11 is 1.36. The summed E-state index contributed by atoms with van der Waals surface area (Å²) < 4.78 is 7.28. The molecule has 0 aliphatic rings. The molecule has 3 heterocycles. The van der Waals surface area contributed by atoms with Gasteiger partial charge >= 0.3 is 0 Å². The van der Waals surface area contributed by atoms with Crippen LogP contribution in [0, 0.1) is 13.8 Å². The van der Waals surface area contributed by atoms with Crippen LogP contribution in [0.25, 0.3) is 17.1 Å². The molecule has 4 rings (SSSR count). The van der Waals surface area contributed by atoms with E-state index in [1.165, 1.54) is 17.8 Å². The fraction of sp³-hybridized carbons (Fsp3) is 0.158. The summed E-state index contributed by atoms with van der Waals surface area (Å²) in [6.45, 7) is 3.94. The van der Waals surface area contributed by atoms with Crippen molar-refractivity contribution < 1.29 is 4.42 Å². The molecule has 1 aromatic carbocycles. The van der Waals surface area contributed by atoms with Gasteiger partial charge in [-0.25, -0.2) is 4.98 Å². The van der Waals surface area contributed by atoms with Crippen LogP contribution in [-0.4, -0.2) is 19.6 Å². The lowest BCUT2D eigenvalue weighted by atomic mass is 10.1. The van der Waals surface area contributed by atoms with Gasteiger partial charge in [-0.15, -0.1) is 10.2 Å². The Hall–Kier alpha value is -2.93. The first-order valence-corrected chi connectivity index (χ1v) is 9.10. The Balaban J connectivity index is 1.55. The molecule has 0 aliphatic heterocycles. The first-order valence-electron chi connectivity index (χ1n) is 8.11. The molecule has 0 saturated heterocycles. The maximum absolute atomic E-state index is 12.3. The topological polar surface area (TPSA) is 73.3 Å². The lowest BCUT2D eigenvalue weighted by Gasteiger charge is -2.03. The maximum atomic E-state index is 12.3. The van der Waals surface area contributed by atoms with Crippen LogP contribution in [0.15, 0.2) is 63.1 Å². The lowest BCUT2D eigenvalue weighted by Crippen LogP contribution is -2.15. The van der Waals surface area contributed by atoms with Crippen molar-refractivity contribution in [3.8, 4) is 11.5 Å². The molecule has 130 valence electrons. The molecule has 0 amide bonds. The van der Waals surface area contributed by atoms with Gasteiger partial charge in [0, 0.05) is 23.6 Å². The van der Waals surface area contributed by atoms with Crippen molar-refractivity contribution in [1.29, 1.82) is 0 Å². The van der Waals surface area contributed by atoms with Gasteiger partial charge in [0.05, 0.1) is 5.69 Å². The Labute approximate surface area is 153 Å². The molecule has 7 heteroatoms. The summed E-state index contributed by atoms with van der Waals surface area (Å²) in [5.74, 6) is 0.974. The van der Waals surface area contributed by atoms with Crippen LogP contribution in [0.4, 0.5) is 0 Å². The summed E-state index contributed by atoms with van der Waals surface area (Å²) in [6.07, 6.45) is 1.79. The standard InChI is InChI=1S/C19H16N4O2S/c1-12-7-8-16-20-14(9-17(24)23(16)10-12)11-26-19-22-21-18(25-19)15-6-4-3-5-13(15)2/h3-10H,11H2,1-2H3. The van der Waals surface area contributed by atoms with Gasteiger partial charge in [-0.05, 0) is 37.1 Å². The van der Waals surface area contributed by atoms with Crippen LogP contribution in [0.5, 0.6) is 0 Å². The zero-order valence-corrected chi connectivity index (χ0v) is 15.2. The van der Waals surface area contributed by atoms with E-state index in [-0.39, 0.29) is 5.56 Å². The zero-order chi connectivity index (χ0) is 18.1. The first kappa shape index (κ1) is 16.5. The Morgan fingerprint density at radius 2 is 1.96 bits per heavy atom. The molecule has 26 heavy (non-hydrogen) atoms. The van der Waals surface area contributed by atoms with E-state index in [1.54, 1.807) is 10.6 Å². The van der Waals surface area contributed by atoms with E-state index < -0.39 is 0 Å². The number of rotatable bonds is 4. The summed E-state index contributed by atoms with van der Waals surface area (Å²) in [6, 6.07) is 13.2. The van der Waals surface area contributed by atoms with Crippen molar-refractivity contribution in [2.45, 2.75) is 24.8 Å². The summed E-state index contributed by atoms with van der Waals surface area (Å²) in [4.78, 5) is 16.8. The number of aryl methyl sites for hydroxylation is 2. The van der Waals surface area contributed by atoms with Crippen molar-refractivity contribution in [3.05, 3.63) is 75.8 Å². The molecule has 4 aromatic rings. The summed E-state index contributed by atoms with van der Waals surface area (Å²) in [7, 11) is 0. The molecule has 0 unspecified atom stereocenters. The van der Waals surface area contributed by atoms with Gasteiger partial charge in [-0.3, -0.25) is 9.20 Å². The highest BCUT2D eigenvalue weighted by Gasteiger charge is 2.12. The van der Waals surface area contributed by atoms with E-state index in [1.807, 2.05) is 50.2 Å². The van der Waals surface area contributed by atoms with Crippen LogP contribution >= 0.6 is 11.8 Å². The number of fused-ring (bicyclic) bond motifs is 1. The van der Waals surface area contributed by atoms with Crippen molar-refractivity contribution in [2.24, 2.45) is 0 Å². The molecular weight excluding hydrogens is 348 g/mol. The first-order chi connectivity index (χ1) is 12.6. The molecule has 6 nitrogen and oxygen atoms in total. The predicted molar refractivity (Wildman–Crippen MR) is 100 cm³/mol. The van der Waals surface area contributed by atoms with E-state index in [2.05, 4.69) is 15.2 Å². The van der Waals surface area contributed by atoms with Crippen molar-refractivity contribution in [3.63, 3.8) is 0 Å². The van der Waals surface area contributed by atoms with E-state index in [4.69, 9.17) is 4.42 Å². The number of nitrogens with zero attached hydrogens (tertiary/aromatic N) is 4. The number of benzene rings is 1. The zero-order valence-electron chi connectivity index (χ0n) is 14.3. The molecule has 0 radical (unpaired) electrons. The highest BCUT2D eigenvalue weighted by atomic mass is 32.2. The quantitative estimate of drug-likeness (QED) is 0.515. The Bertz CT molecular complexity index is 1150. The van der Waals surface area contributed by atoms with Gasteiger partial charge in [0.15, 0.2) is 0 Å². The van der Waals surface area contributed by atoms with E-state index in [0.717, 1.165) is 16.7 Å². The molecule has 0 fully saturated rings. The summed E-state index contributed by atoms with van der Waals surface area (Å²) in [5, 5.41) is 8.65. The van der Waals surface area contributed by atoms with Gasteiger partial charge in [0.1, 0.15) is 5.65 Å². The molecule has 0 bridgehead atoms. The minimum Gasteiger partial charge on any atom is -0.411 e. The van der Waals surface area contributed by atoms with Gasteiger partial charge in [-0.1, -0.05) is 36.0 Å². The summed E-state index contributed by atoms with van der Waals surface area (Å²) in [5.41, 5.74) is 4.22. The molecule has 0 atom stereocenters. The second-order valence-corrected chi connectivity index (χ2v) is 6.92. The van der Waals surface area contributed by atoms with Crippen LogP contribution in [0.3, 0.4) is 0 Å². The van der Waals surface area contributed by atoms with Gasteiger partial charge in [0.2, 0.25) is 5.89 Å². The molecule has 0 N–H and O–H groups in total. The van der Waals surface area contributed by atoms with E-state index >= 15 is 0 Å². The number of pyridine rings is 1. The minimum atomic E-state index is -0.0968. The second-order valence-electron chi connectivity index (χ2n) is 6.00. The van der Waals surface area contributed by atoms with Gasteiger partial charge in [-0.2, -0.15) is 0 Å². The van der Waals surface area contributed by atoms with Crippen molar-refractivity contribution in [1.82, 2.24) is 19.6 Å². The molecule has 0 spiro atoms. The van der Waals surface area contributed by atoms with E-state index in [9.17, 15) is 4.79 Å². The lowest BCUT2D eigenvalue weighted by molar-refractivity contribution is 0.465.